The Kier molecular flexibility index (Phi) is 6.72. The number of hydrogen-bond acceptors (Lipinski definition) is 6. The van der Waals surface area contributed by atoms with Gasteiger partial charge < -0.3 is 15.4 Å². The summed E-state index contributed by atoms with van der Waals surface area (Å²) < 4.78 is 10.6. The number of H-pyrrole nitrogens is 1. The van der Waals surface area contributed by atoms with Crippen molar-refractivity contribution in [3.8, 4) is 11.4 Å². The van der Waals surface area contributed by atoms with Crippen molar-refractivity contribution in [2.75, 3.05) is 26.2 Å². The lowest BCUT2D eigenvalue weighted by molar-refractivity contribution is 0.0306. The van der Waals surface area contributed by atoms with E-state index in [4.69, 9.17) is 27.9 Å². The summed E-state index contributed by atoms with van der Waals surface area (Å²) in [4.78, 5) is 26.4. The van der Waals surface area contributed by atoms with Crippen LogP contribution in [0.5, 0.6) is 0 Å². The summed E-state index contributed by atoms with van der Waals surface area (Å²) in [6, 6.07) is 12.2. The lowest BCUT2D eigenvalue weighted by Gasteiger charge is -2.25. The summed E-state index contributed by atoms with van der Waals surface area (Å²) in [5.41, 5.74) is 1.93. The molecule has 31 heavy (non-hydrogen) atoms. The molecule has 162 valence electrons. The first-order valence-corrected chi connectivity index (χ1v) is 10.5. The van der Waals surface area contributed by atoms with E-state index < -0.39 is 5.76 Å². The van der Waals surface area contributed by atoms with Gasteiger partial charge in [-0.3, -0.25) is 14.3 Å². The van der Waals surface area contributed by atoms with E-state index in [1.165, 1.54) is 0 Å². The van der Waals surface area contributed by atoms with Gasteiger partial charge in [-0.1, -0.05) is 46.6 Å². The fourth-order valence-electron chi connectivity index (χ4n) is 3.51. The number of benzene rings is 2. The molecule has 2 heterocycles. The van der Waals surface area contributed by atoms with Crippen LogP contribution < -0.4 is 16.4 Å². The van der Waals surface area contributed by atoms with E-state index >= 15 is 0 Å². The number of nitrogens with zero attached hydrogens (tertiary/aromatic N) is 1. The van der Waals surface area contributed by atoms with Gasteiger partial charge in [0.15, 0.2) is 5.82 Å². The molecule has 2 atom stereocenters. The van der Waals surface area contributed by atoms with Gasteiger partial charge in [-0.15, -0.1) is 0 Å². The van der Waals surface area contributed by atoms with Crippen LogP contribution in [0.4, 0.5) is 0 Å². The molecule has 8 nitrogen and oxygen atoms in total. The fraction of sp³-hybridized carbons (Fsp3) is 0.286. The summed E-state index contributed by atoms with van der Waals surface area (Å²) in [7, 11) is 0. The summed E-state index contributed by atoms with van der Waals surface area (Å²) >= 11 is 12.2. The van der Waals surface area contributed by atoms with Crippen molar-refractivity contribution in [3.63, 3.8) is 0 Å². The van der Waals surface area contributed by atoms with Gasteiger partial charge in [0.1, 0.15) is 0 Å². The third-order valence-corrected chi connectivity index (χ3v) is 5.79. The van der Waals surface area contributed by atoms with Crippen LogP contribution in [-0.4, -0.2) is 42.3 Å². The Bertz CT molecular complexity index is 1130. The van der Waals surface area contributed by atoms with E-state index in [0.29, 0.717) is 40.9 Å². The molecule has 10 heteroatoms. The Labute approximate surface area is 187 Å². The predicted octanol–water partition coefficient (Wildman–Crippen LogP) is 3.04. The maximum atomic E-state index is 12.8. The first-order valence-electron chi connectivity index (χ1n) is 9.73. The molecule has 0 bridgehead atoms. The Morgan fingerprint density at radius 1 is 1.19 bits per heavy atom. The molecule has 2 aromatic carbocycles. The topological polar surface area (TPSA) is 109 Å². The molecule has 4 rings (SSSR count). The molecule has 1 aliphatic rings. The van der Waals surface area contributed by atoms with E-state index in [1.807, 2.05) is 6.07 Å². The van der Waals surface area contributed by atoms with Crippen LogP contribution in [0.2, 0.25) is 10.0 Å². The molecule has 1 aromatic heterocycles. The summed E-state index contributed by atoms with van der Waals surface area (Å²) in [6.45, 7) is 2.33. The predicted molar refractivity (Wildman–Crippen MR) is 116 cm³/mol. The van der Waals surface area contributed by atoms with Gasteiger partial charge >= 0.3 is 5.76 Å². The second-order valence-electron chi connectivity index (χ2n) is 7.16. The molecule has 0 radical (unpaired) electrons. The number of rotatable bonds is 5. The van der Waals surface area contributed by atoms with Crippen LogP contribution in [0.3, 0.4) is 0 Å². The summed E-state index contributed by atoms with van der Waals surface area (Å²) in [5.74, 6) is -0.650. The van der Waals surface area contributed by atoms with Crippen LogP contribution in [0.1, 0.15) is 22.0 Å². The quantitative estimate of drug-likeness (QED) is 0.537. The normalized spacial score (nSPS) is 19.0. The molecular formula is C21H20Cl2N4O4. The zero-order chi connectivity index (χ0) is 21.8. The number of carbonyl (C=O) groups excluding carboxylic acids is 1. The molecule has 1 saturated heterocycles. The van der Waals surface area contributed by atoms with Crippen molar-refractivity contribution in [3.05, 3.63) is 74.2 Å². The number of hydrogen-bond donors (Lipinski definition) is 3. The molecule has 1 fully saturated rings. The molecule has 3 N–H and O–H groups in total. The SMILES string of the molecule is O=C(NC[C@@H]1CNCCO[C@H]1c1ccc(Cl)c(Cl)c1)c1cccc(-c2noc(=O)[nH]2)c1. The average Bonchev–Trinajstić information content (AvgIpc) is 3.07. The number of aromatic nitrogens is 2. The third-order valence-electron chi connectivity index (χ3n) is 5.05. The monoisotopic (exact) mass is 462 g/mol. The zero-order valence-corrected chi connectivity index (χ0v) is 17.9. The van der Waals surface area contributed by atoms with Gasteiger partial charge in [0.2, 0.25) is 0 Å². The number of carbonyl (C=O) groups is 1. The van der Waals surface area contributed by atoms with Gasteiger partial charge in [0.05, 0.1) is 22.8 Å². The lowest BCUT2D eigenvalue weighted by Crippen LogP contribution is -2.36. The second-order valence-corrected chi connectivity index (χ2v) is 7.98. The molecule has 1 aliphatic heterocycles. The highest BCUT2D eigenvalue weighted by atomic mass is 35.5. The van der Waals surface area contributed by atoms with E-state index in [-0.39, 0.29) is 23.8 Å². The maximum Gasteiger partial charge on any atom is 0.439 e. The van der Waals surface area contributed by atoms with E-state index in [1.54, 1.807) is 36.4 Å². The molecule has 0 spiro atoms. The number of halogens is 2. The smallest absolute Gasteiger partial charge is 0.372 e. The van der Waals surface area contributed by atoms with Crippen LogP contribution in [0, 0.1) is 5.92 Å². The third kappa shape index (κ3) is 5.16. The molecule has 0 aliphatic carbocycles. The van der Waals surface area contributed by atoms with E-state index in [2.05, 4.69) is 25.3 Å². The minimum Gasteiger partial charge on any atom is -0.372 e. The Morgan fingerprint density at radius 2 is 2.06 bits per heavy atom. The molecule has 1 amide bonds. The highest BCUT2D eigenvalue weighted by Crippen LogP contribution is 2.32. The molecular weight excluding hydrogens is 443 g/mol. The minimum atomic E-state index is -0.654. The van der Waals surface area contributed by atoms with Gasteiger partial charge in [-0.2, -0.15) is 0 Å². The number of aromatic amines is 1. The largest absolute Gasteiger partial charge is 0.439 e. The lowest BCUT2D eigenvalue weighted by atomic mass is 9.95. The van der Waals surface area contributed by atoms with Crippen LogP contribution >= 0.6 is 23.2 Å². The highest BCUT2D eigenvalue weighted by molar-refractivity contribution is 6.42. The first-order chi connectivity index (χ1) is 15.0. The highest BCUT2D eigenvalue weighted by Gasteiger charge is 2.27. The number of nitrogens with one attached hydrogen (secondary N) is 3. The summed E-state index contributed by atoms with van der Waals surface area (Å²) in [5, 5.41) is 10.9. The van der Waals surface area contributed by atoms with Crippen LogP contribution in [0.15, 0.2) is 51.8 Å². The van der Waals surface area contributed by atoms with E-state index in [0.717, 1.165) is 12.1 Å². The van der Waals surface area contributed by atoms with E-state index in [9.17, 15) is 9.59 Å². The Morgan fingerprint density at radius 3 is 2.84 bits per heavy atom. The average molecular weight is 463 g/mol. The number of amides is 1. The molecule has 0 saturated carbocycles. The van der Waals surface area contributed by atoms with Crippen LogP contribution in [-0.2, 0) is 4.74 Å². The van der Waals surface area contributed by atoms with Gasteiger partial charge in [0, 0.05) is 36.7 Å². The van der Waals surface area contributed by atoms with Crippen LogP contribution in [0.25, 0.3) is 11.4 Å². The summed E-state index contributed by atoms with van der Waals surface area (Å²) in [6.07, 6.45) is -0.239. The molecule has 0 unspecified atom stereocenters. The van der Waals surface area contributed by atoms with Gasteiger partial charge in [-0.25, -0.2) is 4.79 Å². The van der Waals surface area contributed by atoms with Gasteiger partial charge in [-0.05, 0) is 29.8 Å². The van der Waals surface area contributed by atoms with Crippen molar-refractivity contribution in [2.24, 2.45) is 5.92 Å². The van der Waals surface area contributed by atoms with Crippen molar-refractivity contribution in [1.82, 2.24) is 20.8 Å². The number of ether oxygens (including phenoxy) is 1. The van der Waals surface area contributed by atoms with Crippen molar-refractivity contribution in [2.45, 2.75) is 6.10 Å². The van der Waals surface area contributed by atoms with Crippen molar-refractivity contribution < 1.29 is 14.1 Å². The Balaban J connectivity index is 1.48. The second kappa shape index (κ2) is 9.65. The van der Waals surface area contributed by atoms with Crippen molar-refractivity contribution in [1.29, 1.82) is 0 Å². The standard InChI is InChI=1S/C21H20Cl2N4O4/c22-16-5-4-12(9-17(16)23)18-15(10-24-6-7-30-18)11-25-20(28)14-3-1-2-13(8-14)19-26-21(29)31-27-19/h1-5,8-9,15,18,24H,6-7,10-11H2,(H,25,28)(H,26,27,29)/t15-,18-/m0/s1. The fourth-order valence-corrected chi connectivity index (χ4v) is 3.82. The first kappa shape index (κ1) is 21.6. The zero-order valence-electron chi connectivity index (χ0n) is 16.4. The van der Waals surface area contributed by atoms with Gasteiger partial charge in [0.25, 0.3) is 5.91 Å². The Hall–Kier alpha value is -2.65. The van der Waals surface area contributed by atoms with Crippen molar-refractivity contribution >= 4 is 29.1 Å². The maximum absolute atomic E-state index is 12.8. The molecule has 3 aromatic rings. The minimum absolute atomic E-state index is 0.0150.